The molecule has 8 aromatic carbocycles. The Morgan fingerprint density at radius 3 is 0.722 bits per heavy atom. The first-order valence-electron chi connectivity index (χ1n) is 30.7. The molecule has 0 aliphatic rings. The molecule has 0 bridgehead atoms. The molecule has 0 fully saturated rings. The molecule has 7 aromatic heterocycles. The normalized spacial score (nSPS) is 9.61. The van der Waals surface area contributed by atoms with Gasteiger partial charge in [0.1, 0.15) is 0 Å². The monoisotopic (exact) mass is 1790 g/mol. The van der Waals surface area contributed by atoms with Gasteiger partial charge in [-0.3, -0.25) is 0 Å². The minimum atomic E-state index is 0. The number of pyridine rings is 7. The first kappa shape index (κ1) is 75.8. The van der Waals surface area contributed by atoms with Gasteiger partial charge in [-0.1, -0.05) is 130 Å². The largest absolute Gasteiger partial charge is 3.00 e. The van der Waals surface area contributed by atoms with Gasteiger partial charge in [0.2, 0.25) is 0 Å². The van der Waals surface area contributed by atoms with Gasteiger partial charge in [-0.2, -0.15) is 0 Å². The first-order valence-corrected chi connectivity index (χ1v) is 30.7. The fourth-order valence-electron chi connectivity index (χ4n) is 8.95. The summed E-state index contributed by atoms with van der Waals surface area (Å²) in [6.45, 7) is 8.28. The Labute approximate surface area is 613 Å². The molecule has 15 rings (SSSR count). The minimum Gasteiger partial charge on any atom is -0.305 e. The summed E-state index contributed by atoms with van der Waals surface area (Å²) in [5, 5.41) is 0. The van der Waals surface area contributed by atoms with Crippen LogP contribution in [0, 0.1) is 70.2 Å². The van der Waals surface area contributed by atoms with E-state index in [2.05, 4.69) is 141 Å². The topological polar surface area (TPSA) is 90.2 Å². The number of nitrogens with zero attached hydrogens (tertiary/aromatic N) is 7. The van der Waals surface area contributed by atoms with Crippen molar-refractivity contribution in [3.05, 3.63) is 405 Å². The number of hydrogen-bond acceptors (Lipinski definition) is 7. The summed E-state index contributed by atoms with van der Waals surface area (Å²) in [5.74, 6) is 0. The van der Waals surface area contributed by atoms with Crippen LogP contribution in [0.3, 0.4) is 0 Å². The van der Waals surface area contributed by atoms with Crippen molar-refractivity contribution in [3.63, 3.8) is 0 Å². The summed E-state index contributed by atoms with van der Waals surface area (Å²) >= 11 is 0. The van der Waals surface area contributed by atoms with Crippen LogP contribution in [0.15, 0.2) is 341 Å². The van der Waals surface area contributed by atoms with Gasteiger partial charge in [-0.15, -0.1) is 250 Å². The summed E-state index contributed by atoms with van der Waals surface area (Å²) in [4.78, 5) is 30.0. The molecule has 97 heavy (non-hydrogen) atoms. The van der Waals surface area contributed by atoms with E-state index in [0.717, 1.165) is 78.8 Å². The zero-order valence-corrected chi connectivity index (χ0v) is 61.1. The summed E-state index contributed by atoms with van der Waals surface area (Å²) < 4.78 is 0. The Balaban J connectivity index is 0.000000179. The fraction of sp³-hybridized carbons (Fsp3) is 0.0460. The van der Waals surface area contributed by atoms with Crippen LogP contribution >= 0.6 is 0 Å². The Hall–Kier alpha value is -10.2. The number of benzene rings is 8. The van der Waals surface area contributed by atoms with E-state index in [1.807, 2.05) is 267 Å². The van der Waals surface area contributed by atoms with E-state index in [0.29, 0.717) is 0 Å². The van der Waals surface area contributed by atoms with Crippen LogP contribution in [-0.2, 0) is 60.3 Å². The van der Waals surface area contributed by atoms with Crippen molar-refractivity contribution < 1.29 is 60.3 Å². The van der Waals surface area contributed by atoms with Crippen LogP contribution in [0.4, 0.5) is 0 Å². The quantitative estimate of drug-likeness (QED) is 0.140. The molecule has 7 nitrogen and oxygen atoms in total. The molecule has 1 radical (unpaired) electrons. The molecule has 0 atom stereocenters. The summed E-state index contributed by atoms with van der Waals surface area (Å²) in [6, 6.07) is 120. The van der Waals surface area contributed by atoms with Crippen molar-refractivity contribution in [1.29, 1.82) is 0 Å². The molecule has 0 spiro atoms. The zero-order chi connectivity index (χ0) is 65.0. The van der Waals surface area contributed by atoms with Gasteiger partial charge in [0.05, 0.1) is 0 Å². The van der Waals surface area contributed by atoms with Gasteiger partial charge < -0.3 is 34.9 Å². The SMILES string of the molecule is Cc1c[c-]c(-c2ccccn2)cc1.Cc1c[c-]c(-c2ccccn2)cc1.Cc1c[c-]c(-c2ccccn2)cc1.Cc1cc(-c2[c-]cccc2)ncc1-c1ccccc1.[Ir+3].[Ir+3].[Ir].[c-]1ccccc1-c1ccccn1.[c-]1ccccc1-c1ccccn1.[c-]1ccccc1-c1ccccn1. The maximum atomic E-state index is 4.55. The Bertz CT molecular complexity index is 4000. The maximum absolute atomic E-state index is 4.55. The number of aromatic nitrogens is 7. The van der Waals surface area contributed by atoms with Crippen molar-refractivity contribution in [1.82, 2.24) is 34.9 Å². The smallest absolute Gasteiger partial charge is 0.305 e. The number of aryl methyl sites for hydroxylation is 4. The second-order valence-corrected chi connectivity index (χ2v) is 21.0. The Morgan fingerprint density at radius 1 is 0.237 bits per heavy atom. The molecule has 0 saturated heterocycles. The van der Waals surface area contributed by atoms with Gasteiger partial charge >= 0.3 is 40.2 Å². The third-order valence-corrected chi connectivity index (χ3v) is 13.9. The molecule has 0 N–H and O–H groups in total. The summed E-state index contributed by atoms with van der Waals surface area (Å²) in [6.07, 6.45) is 12.7. The molecular formula is C87H68Ir3N7-. The third kappa shape index (κ3) is 25.8. The van der Waals surface area contributed by atoms with E-state index in [1.165, 1.54) is 33.4 Å². The van der Waals surface area contributed by atoms with Crippen molar-refractivity contribution in [2.75, 3.05) is 0 Å². The molecule has 0 aliphatic heterocycles. The molecule has 15 aromatic rings. The van der Waals surface area contributed by atoms with Gasteiger partial charge in [0.15, 0.2) is 0 Å². The minimum absolute atomic E-state index is 0. The van der Waals surface area contributed by atoms with Crippen molar-refractivity contribution in [2.24, 2.45) is 0 Å². The van der Waals surface area contributed by atoms with Crippen LogP contribution < -0.4 is 0 Å². The summed E-state index contributed by atoms with van der Waals surface area (Å²) in [5.41, 5.74) is 21.4. The number of hydrogen-bond donors (Lipinski definition) is 0. The second kappa shape index (κ2) is 43.0. The predicted octanol–water partition coefficient (Wildman–Crippen LogP) is 20.7. The standard InChI is InChI=1S/C18H14N.3C12H10N.3C11H8N.3Ir/c1-14-12-18(16-10-6-3-7-11-16)19-13-17(14)15-8-4-2-5-9-15;3*1-10-5-7-11(8-6-10)12-4-2-3-9-13-12;3*1-2-6-10(7-3-1)11-8-4-5-9-12-11;;;/h2-10,12-13H,1H3;3*2-7,9H,1H3;3*1-6,8-9H;;;/q7*-1;;2*+3. The first-order chi connectivity index (χ1) is 46.3. The van der Waals surface area contributed by atoms with E-state index >= 15 is 0 Å². The van der Waals surface area contributed by atoms with E-state index in [9.17, 15) is 0 Å². The second-order valence-electron chi connectivity index (χ2n) is 21.0. The van der Waals surface area contributed by atoms with Crippen molar-refractivity contribution >= 4 is 0 Å². The fourth-order valence-corrected chi connectivity index (χ4v) is 8.95. The molecule has 10 heteroatoms. The van der Waals surface area contributed by atoms with Gasteiger partial charge in [-0.05, 0) is 94.3 Å². The van der Waals surface area contributed by atoms with Crippen LogP contribution in [0.5, 0.6) is 0 Å². The Kier molecular flexibility index (Phi) is 33.6. The third-order valence-electron chi connectivity index (χ3n) is 13.9. The summed E-state index contributed by atoms with van der Waals surface area (Å²) in [7, 11) is 0. The molecule has 7 heterocycles. The molecule has 0 saturated carbocycles. The van der Waals surface area contributed by atoms with E-state index in [4.69, 9.17) is 0 Å². The molecule has 479 valence electrons. The molecule has 0 amide bonds. The van der Waals surface area contributed by atoms with Gasteiger partial charge in [0, 0.05) is 69.0 Å². The van der Waals surface area contributed by atoms with E-state index < -0.39 is 0 Å². The van der Waals surface area contributed by atoms with Gasteiger partial charge in [0.25, 0.3) is 0 Å². The van der Waals surface area contributed by atoms with Crippen molar-refractivity contribution in [3.8, 4) is 89.9 Å². The number of rotatable bonds is 8. The van der Waals surface area contributed by atoms with Crippen LogP contribution in [0.2, 0.25) is 0 Å². The van der Waals surface area contributed by atoms with Crippen LogP contribution in [0.25, 0.3) is 89.9 Å². The average molecular weight is 1790 g/mol. The Morgan fingerprint density at radius 2 is 0.495 bits per heavy atom. The maximum Gasteiger partial charge on any atom is 3.00 e. The molecule has 0 aliphatic carbocycles. The predicted molar refractivity (Wildman–Crippen MR) is 384 cm³/mol. The molecular weight excluding hydrogens is 1720 g/mol. The average Bonchev–Trinajstić information content (AvgIpc) is 1.28. The van der Waals surface area contributed by atoms with Crippen molar-refractivity contribution in [2.45, 2.75) is 27.7 Å². The van der Waals surface area contributed by atoms with E-state index in [1.54, 1.807) is 37.2 Å². The van der Waals surface area contributed by atoms with Crippen LogP contribution in [0.1, 0.15) is 22.3 Å². The van der Waals surface area contributed by atoms with Gasteiger partial charge in [-0.25, -0.2) is 0 Å². The van der Waals surface area contributed by atoms with Crippen LogP contribution in [-0.4, -0.2) is 34.9 Å². The van der Waals surface area contributed by atoms with E-state index in [-0.39, 0.29) is 60.3 Å². The zero-order valence-electron chi connectivity index (χ0n) is 54.0. The molecule has 0 unspecified atom stereocenters.